The summed E-state index contributed by atoms with van der Waals surface area (Å²) in [5.41, 5.74) is 3.43. The normalized spacial score (nSPS) is 28.0. The summed E-state index contributed by atoms with van der Waals surface area (Å²) >= 11 is 0. The van der Waals surface area contributed by atoms with Gasteiger partial charge in [0.2, 0.25) is 11.8 Å². The number of nitrogens with zero attached hydrogens (tertiary/aromatic N) is 1. The van der Waals surface area contributed by atoms with Crippen molar-refractivity contribution >= 4 is 11.8 Å². The van der Waals surface area contributed by atoms with Crippen molar-refractivity contribution in [3.63, 3.8) is 0 Å². The molecule has 35 heavy (non-hydrogen) atoms. The highest BCUT2D eigenvalue weighted by atomic mass is 16.2. The molecule has 1 N–H and O–H groups in total. The molecule has 2 amide bonds. The highest BCUT2D eigenvalue weighted by molar-refractivity contribution is 5.92. The number of carbonyl (C=O) groups is 2. The molecule has 1 saturated heterocycles. The van der Waals surface area contributed by atoms with Gasteiger partial charge in [-0.1, -0.05) is 68.4 Å². The van der Waals surface area contributed by atoms with E-state index in [0.717, 1.165) is 51.5 Å². The minimum Gasteiger partial charge on any atom is -0.354 e. The second-order valence-electron chi connectivity index (χ2n) is 11.7. The van der Waals surface area contributed by atoms with Crippen LogP contribution < -0.4 is 5.32 Å². The van der Waals surface area contributed by atoms with Crippen molar-refractivity contribution in [3.8, 4) is 0 Å². The third-order valence-corrected chi connectivity index (χ3v) is 8.77. The number of fused-ring (bicyclic) bond motifs is 2. The number of rotatable bonds is 7. The second kappa shape index (κ2) is 10.2. The molecular weight excluding hydrogens is 432 g/mol. The largest absolute Gasteiger partial charge is 0.354 e. The predicted octanol–water partition coefficient (Wildman–Crippen LogP) is 5.19. The van der Waals surface area contributed by atoms with Gasteiger partial charge >= 0.3 is 0 Å². The van der Waals surface area contributed by atoms with Crippen molar-refractivity contribution in [2.45, 2.75) is 70.8 Å². The molecule has 0 aromatic heterocycles. The number of amides is 2. The Morgan fingerprint density at radius 3 is 2.40 bits per heavy atom. The van der Waals surface area contributed by atoms with E-state index >= 15 is 0 Å². The Morgan fingerprint density at radius 2 is 1.69 bits per heavy atom. The van der Waals surface area contributed by atoms with Gasteiger partial charge in [-0.05, 0) is 85.3 Å². The topological polar surface area (TPSA) is 49.4 Å². The zero-order valence-corrected chi connectivity index (χ0v) is 21.3. The van der Waals surface area contributed by atoms with Crippen molar-refractivity contribution < 1.29 is 9.59 Å². The molecule has 3 aliphatic rings. The first-order chi connectivity index (χ1) is 16.9. The van der Waals surface area contributed by atoms with Gasteiger partial charge in [0.1, 0.15) is 5.54 Å². The minimum atomic E-state index is -0.701. The Morgan fingerprint density at radius 1 is 1.00 bits per heavy atom. The van der Waals surface area contributed by atoms with E-state index in [4.69, 9.17) is 0 Å². The van der Waals surface area contributed by atoms with Gasteiger partial charge in [-0.25, -0.2) is 0 Å². The number of benzene rings is 2. The van der Waals surface area contributed by atoms with E-state index in [1.807, 2.05) is 23.1 Å². The third kappa shape index (κ3) is 5.03. The van der Waals surface area contributed by atoms with Crippen LogP contribution in [-0.2, 0) is 28.9 Å². The molecule has 5 rings (SSSR count). The molecule has 1 aliphatic heterocycles. The summed E-state index contributed by atoms with van der Waals surface area (Å²) in [6.45, 7) is 5.80. The molecule has 0 bridgehead atoms. The fourth-order valence-corrected chi connectivity index (χ4v) is 7.11. The van der Waals surface area contributed by atoms with Crippen LogP contribution in [0.2, 0.25) is 0 Å². The quantitative estimate of drug-likeness (QED) is 0.603. The van der Waals surface area contributed by atoms with Crippen molar-refractivity contribution in [1.82, 2.24) is 10.2 Å². The molecule has 1 heterocycles. The van der Waals surface area contributed by atoms with E-state index in [1.165, 1.54) is 16.7 Å². The van der Waals surface area contributed by atoms with Gasteiger partial charge in [-0.3, -0.25) is 9.59 Å². The lowest BCUT2D eigenvalue weighted by atomic mass is 9.62. The van der Waals surface area contributed by atoms with Crippen LogP contribution >= 0.6 is 0 Å². The monoisotopic (exact) mass is 472 g/mol. The zero-order chi connectivity index (χ0) is 24.4. The number of nitrogens with one attached hydrogen (secondary N) is 1. The molecule has 2 fully saturated rings. The highest BCUT2D eigenvalue weighted by Gasteiger charge is 2.54. The van der Waals surface area contributed by atoms with Gasteiger partial charge in [0, 0.05) is 19.5 Å². The maximum absolute atomic E-state index is 14.0. The Hall–Kier alpha value is -2.62. The third-order valence-electron chi connectivity index (χ3n) is 8.77. The fraction of sp³-hybridized carbons (Fsp3) is 0.548. The van der Waals surface area contributed by atoms with Crippen molar-refractivity contribution in [2.24, 2.45) is 23.7 Å². The van der Waals surface area contributed by atoms with Crippen LogP contribution in [0, 0.1) is 23.7 Å². The van der Waals surface area contributed by atoms with Gasteiger partial charge in [0.25, 0.3) is 0 Å². The Balaban J connectivity index is 1.37. The number of carbonyl (C=O) groups excluding carboxylic acids is 2. The van der Waals surface area contributed by atoms with E-state index in [2.05, 4.69) is 55.6 Å². The maximum Gasteiger partial charge on any atom is 0.246 e. The Labute approximate surface area is 210 Å². The summed E-state index contributed by atoms with van der Waals surface area (Å²) in [4.78, 5) is 29.4. The summed E-state index contributed by atoms with van der Waals surface area (Å²) in [6, 6.07) is 19.1. The standard InChI is InChI=1S/C31H40N2O2/c1-22(2)16-24-17-29(34)33(21-24)31(30(35)32-15-13-23-8-4-3-5-9-23)14-12-27-18-25-10-6-7-11-26(25)19-28(27)20-31/h3-11,22,24,27-28H,12-21H2,1-2H3,(H,32,35)/t24-,27+,28+,31+/m0/s1. The number of hydrogen-bond donors (Lipinski definition) is 1. The molecule has 2 aromatic carbocycles. The number of likely N-dealkylation sites (tertiary alicyclic amines) is 1. The summed E-state index contributed by atoms with van der Waals surface area (Å²) in [5.74, 6) is 2.25. The zero-order valence-electron chi connectivity index (χ0n) is 21.3. The number of hydrogen-bond acceptors (Lipinski definition) is 2. The van der Waals surface area contributed by atoms with Gasteiger partial charge in [-0.15, -0.1) is 0 Å². The average molecular weight is 473 g/mol. The van der Waals surface area contributed by atoms with E-state index < -0.39 is 5.54 Å². The molecule has 186 valence electrons. The SMILES string of the molecule is CC(C)C[C@H]1CC(=O)N([C@]2(C(=O)NCCc3ccccc3)CC[C@@H]3Cc4ccccc4C[C@@H]3C2)C1. The second-order valence-corrected chi connectivity index (χ2v) is 11.7. The molecule has 0 radical (unpaired) electrons. The lowest BCUT2D eigenvalue weighted by molar-refractivity contribution is -0.149. The first-order valence-electron chi connectivity index (χ1n) is 13.6. The van der Waals surface area contributed by atoms with E-state index in [-0.39, 0.29) is 11.8 Å². The van der Waals surface area contributed by atoms with Crippen LogP contribution in [0.15, 0.2) is 54.6 Å². The summed E-state index contributed by atoms with van der Waals surface area (Å²) in [6.07, 6.45) is 7.18. The molecular formula is C31H40N2O2. The maximum atomic E-state index is 14.0. The van der Waals surface area contributed by atoms with Crippen LogP contribution in [0.4, 0.5) is 0 Å². The molecule has 4 atom stereocenters. The van der Waals surface area contributed by atoms with Gasteiger partial charge in [-0.2, -0.15) is 0 Å². The Kier molecular flexibility index (Phi) is 7.00. The van der Waals surface area contributed by atoms with Gasteiger partial charge in [0.05, 0.1) is 0 Å². The average Bonchev–Trinajstić information content (AvgIpc) is 3.22. The van der Waals surface area contributed by atoms with Crippen LogP contribution in [0.5, 0.6) is 0 Å². The summed E-state index contributed by atoms with van der Waals surface area (Å²) in [7, 11) is 0. The van der Waals surface area contributed by atoms with Crippen LogP contribution in [0.1, 0.15) is 62.6 Å². The van der Waals surface area contributed by atoms with E-state index in [0.29, 0.717) is 36.6 Å². The van der Waals surface area contributed by atoms with E-state index in [9.17, 15) is 9.59 Å². The first-order valence-corrected chi connectivity index (χ1v) is 13.6. The van der Waals surface area contributed by atoms with Crippen LogP contribution in [-0.4, -0.2) is 35.3 Å². The molecule has 4 heteroatoms. The van der Waals surface area contributed by atoms with Gasteiger partial charge < -0.3 is 10.2 Å². The molecule has 4 nitrogen and oxygen atoms in total. The lowest BCUT2D eigenvalue weighted by Crippen LogP contribution is -2.63. The smallest absolute Gasteiger partial charge is 0.246 e. The predicted molar refractivity (Wildman–Crippen MR) is 140 cm³/mol. The highest BCUT2D eigenvalue weighted by Crippen LogP contribution is 2.47. The van der Waals surface area contributed by atoms with E-state index in [1.54, 1.807) is 0 Å². The Bertz CT molecular complexity index is 1050. The van der Waals surface area contributed by atoms with Gasteiger partial charge in [0.15, 0.2) is 0 Å². The fourth-order valence-electron chi connectivity index (χ4n) is 7.11. The minimum absolute atomic E-state index is 0.0734. The molecule has 0 spiro atoms. The summed E-state index contributed by atoms with van der Waals surface area (Å²) < 4.78 is 0. The van der Waals surface area contributed by atoms with Crippen molar-refractivity contribution in [2.75, 3.05) is 13.1 Å². The van der Waals surface area contributed by atoms with Crippen LogP contribution in [0.25, 0.3) is 0 Å². The molecule has 0 unspecified atom stereocenters. The van der Waals surface area contributed by atoms with Crippen molar-refractivity contribution in [3.05, 3.63) is 71.3 Å². The molecule has 1 saturated carbocycles. The first kappa shape index (κ1) is 24.1. The molecule has 2 aromatic rings. The van der Waals surface area contributed by atoms with Crippen molar-refractivity contribution in [1.29, 1.82) is 0 Å². The summed E-state index contributed by atoms with van der Waals surface area (Å²) in [5, 5.41) is 3.28. The van der Waals surface area contributed by atoms with Crippen LogP contribution in [0.3, 0.4) is 0 Å². The molecule has 2 aliphatic carbocycles. The lowest BCUT2D eigenvalue weighted by Gasteiger charge is -2.50.